The summed E-state index contributed by atoms with van der Waals surface area (Å²) in [6.45, 7) is 0.381. The largest absolute Gasteiger partial charge is 0.486 e. The first-order valence-corrected chi connectivity index (χ1v) is 7.71. The summed E-state index contributed by atoms with van der Waals surface area (Å²) in [5, 5.41) is 2.56. The quantitative estimate of drug-likeness (QED) is 0.701. The summed E-state index contributed by atoms with van der Waals surface area (Å²) in [5.74, 6) is -0.161. The molecule has 0 aliphatic carbocycles. The Bertz CT molecular complexity index is 769. The van der Waals surface area contributed by atoms with E-state index in [9.17, 15) is 9.18 Å². The Balaban J connectivity index is 1.50. The van der Waals surface area contributed by atoms with Gasteiger partial charge in [0.1, 0.15) is 35.5 Å². The molecule has 0 saturated heterocycles. The Morgan fingerprint density at radius 3 is 2.78 bits per heavy atom. The molecule has 0 aliphatic rings. The minimum Gasteiger partial charge on any atom is -0.486 e. The van der Waals surface area contributed by atoms with Crippen LogP contribution in [0.5, 0.6) is 5.75 Å². The van der Waals surface area contributed by atoms with Crippen molar-refractivity contribution in [2.75, 3.05) is 0 Å². The number of carbonyl (C=O) groups is 1. The van der Waals surface area contributed by atoms with E-state index in [1.54, 1.807) is 30.5 Å². The van der Waals surface area contributed by atoms with Crippen molar-refractivity contribution in [3.63, 3.8) is 0 Å². The monoisotopic (exact) mass is 332 g/mol. The fourth-order valence-electron chi connectivity index (χ4n) is 1.83. The molecule has 0 bridgehead atoms. The number of halogens is 1. The van der Waals surface area contributed by atoms with Crippen LogP contribution in [0.1, 0.15) is 21.2 Å². The Hall–Kier alpha value is -2.67. The highest BCUT2D eigenvalue weighted by molar-refractivity contribution is 7.09. The molecule has 1 aromatic carbocycles. The maximum absolute atomic E-state index is 12.8. The van der Waals surface area contributed by atoms with Crippen molar-refractivity contribution < 1.29 is 18.7 Å². The van der Waals surface area contributed by atoms with Crippen molar-refractivity contribution in [3.8, 4) is 5.75 Å². The van der Waals surface area contributed by atoms with Crippen LogP contribution in [0.25, 0.3) is 0 Å². The molecule has 5 nitrogen and oxygen atoms in total. The van der Waals surface area contributed by atoms with Crippen molar-refractivity contribution in [2.45, 2.75) is 13.2 Å². The Labute approximate surface area is 135 Å². The van der Waals surface area contributed by atoms with Crippen LogP contribution in [-0.2, 0) is 18.0 Å². The lowest BCUT2D eigenvalue weighted by Gasteiger charge is -2.03. The van der Waals surface area contributed by atoms with Gasteiger partial charge in [0.15, 0.2) is 0 Å². The number of aromatic amines is 1. The maximum atomic E-state index is 12.8. The third kappa shape index (κ3) is 4.17. The van der Waals surface area contributed by atoms with Crippen LogP contribution < -0.4 is 4.74 Å². The molecule has 0 saturated carbocycles. The number of benzene rings is 1. The van der Waals surface area contributed by atoms with E-state index in [2.05, 4.69) is 9.97 Å². The second-order valence-electron chi connectivity index (χ2n) is 4.64. The zero-order chi connectivity index (χ0) is 16.1. The molecular weight excluding hydrogens is 319 g/mol. The summed E-state index contributed by atoms with van der Waals surface area (Å²) in [6.07, 6.45) is 1.66. The number of ether oxygens (including phenoxy) is 2. The number of nitrogens with zero attached hydrogens (tertiary/aromatic N) is 1. The second kappa shape index (κ2) is 7.06. The lowest BCUT2D eigenvalue weighted by atomic mass is 10.3. The fourth-order valence-corrected chi connectivity index (χ4v) is 2.52. The number of rotatable bonds is 6. The molecule has 3 aromatic rings. The lowest BCUT2D eigenvalue weighted by molar-refractivity contribution is 0.0462. The van der Waals surface area contributed by atoms with Crippen molar-refractivity contribution in [1.82, 2.24) is 9.97 Å². The van der Waals surface area contributed by atoms with E-state index in [1.807, 2.05) is 5.38 Å². The van der Waals surface area contributed by atoms with Gasteiger partial charge in [-0.15, -0.1) is 11.3 Å². The van der Waals surface area contributed by atoms with E-state index in [1.165, 1.54) is 23.5 Å². The van der Waals surface area contributed by atoms with E-state index < -0.39 is 5.97 Å². The van der Waals surface area contributed by atoms with Crippen LogP contribution in [0, 0.1) is 5.82 Å². The third-order valence-electron chi connectivity index (χ3n) is 2.94. The summed E-state index contributed by atoms with van der Waals surface area (Å²) < 4.78 is 23.5. The molecule has 0 spiro atoms. The van der Waals surface area contributed by atoms with E-state index >= 15 is 0 Å². The molecule has 0 fully saturated rings. The zero-order valence-electron chi connectivity index (χ0n) is 12.0. The molecule has 0 unspecified atom stereocenters. The number of H-pyrrole nitrogens is 1. The fraction of sp³-hybridized carbons (Fsp3) is 0.125. The molecule has 7 heteroatoms. The molecule has 1 N–H and O–H groups in total. The van der Waals surface area contributed by atoms with Gasteiger partial charge in [-0.25, -0.2) is 14.2 Å². The Kier molecular flexibility index (Phi) is 4.68. The van der Waals surface area contributed by atoms with Gasteiger partial charge in [-0.1, -0.05) is 0 Å². The predicted molar refractivity (Wildman–Crippen MR) is 82.8 cm³/mol. The molecule has 0 atom stereocenters. The van der Waals surface area contributed by atoms with Crippen molar-refractivity contribution in [2.24, 2.45) is 0 Å². The highest BCUT2D eigenvalue weighted by Crippen LogP contribution is 2.16. The summed E-state index contributed by atoms with van der Waals surface area (Å²) in [6, 6.07) is 9.16. The van der Waals surface area contributed by atoms with E-state index in [0.29, 0.717) is 17.1 Å². The van der Waals surface area contributed by atoms with Gasteiger partial charge >= 0.3 is 5.97 Å². The molecule has 118 valence electrons. The molecular formula is C16H13FN2O3S. The Morgan fingerprint density at radius 2 is 2.04 bits per heavy atom. The summed E-state index contributed by atoms with van der Waals surface area (Å²) in [4.78, 5) is 18.8. The minimum atomic E-state index is -0.424. The van der Waals surface area contributed by atoms with Gasteiger partial charge in [0, 0.05) is 11.6 Å². The van der Waals surface area contributed by atoms with Crippen LogP contribution in [0.2, 0.25) is 0 Å². The van der Waals surface area contributed by atoms with Gasteiger partial charge in [0.25, 0.3) is 0 Å². The Morgan fingerprint density at radius 1 is 1.22 bits per heavy atom. The topological polar surface area (TPSA) is 64.2 Å². The molecule has 3 rings (SSSR count). The molecule has 2 aromatic heterocycles. The van der Waals surface area contributed by atoms with Gasteiger partial charge in [-0.3, -0.25) is 0 Å². The highest BCUT2D eigenvalue weighted by Gasteiger charge is 2.09. The van der Waals surface area contributed by atoms with Gasteiger partial charge < -0.3 is 14.5 Å². The number of carbonyl (C=O) groups excluding carboxylic acids is 1. The van der Waals surface area contributed by atoms with Gasteiger partial charge in [-0.2, -0.15) is 0 Å². The molecule has 2 heterocycles. The first-order valence-electron chi connectivity index (χ1n) is 6.83. The molecule has 23 heavy (non-hydrogen) atoms. The van der Waals surface area contributed by atoms with Crippen LogP contribution in [-0.4, -0.2) is 15.9 Å². The smallest absolute Gasteiger partial charge is 0.355 e. The number of hydrogen-bond acceptors (Lipinski definition) is 5. The summed E-state index contributed by atoms with van der Waals surface area (Å²) >= 11 is 1.41. The number of hydrogen-bond donors (Lipinski definition) is 1. The number of nitrogens with one attached hydrogen (secondary N) is 1. The van der Waals surface area contributed by atoms with Gasteiger partial charge in [0.2, 0.25) is 0 Å². The first-order chi connectivity index (χ1) is 11.2. The third-order valence-corrected chi connectivity index (χ3v) is 3.82. The lowest BCUT2D eigenvalue weighted by Crippen LogP contribution is -2.05. The van der Waals surface area contributed by atoms with E-state index in [4.69, 9.17) is 9.47 Å². The maximum Gasteiger partial charge on any atom is 0.355 e. The minimum absolute atomic E-state index is 0.102. The van der Waals surface area contributed by atoms with Crippen LogP contribution in [0.15, 0.2) is 48.0 Å². The second-order valence-corrected chi connectivity index (χ2v) is 5.58. The van der Waals surface area contributed by atoms with E-state index in [-0.39, 0.29) is 19.0 Å². The van der Waals surface area contributed by atoms with Gasteiger partial charge in [0.05, 0.1) is 5.69 Å². The summed E-state index contributed by atoms with van der Waals surface area (Å²) in [5.41, 5.74) is 1.06. The van der Waals surface area contributed by atoms with Gasteiger partial charge in [-0.05, 0) is 36.4 Å². The average Bonchev–Trinajstić information content (AvgIpc) is 3.24. The molecule has 0 aliphatic heterocycles. The van der Waals surface area contributed by atoms with E-state index in [0.717, 1.165) is 5.01 Å². The van der Waals surface area contributed by atoms with Crippen LogP contribution in [0.4, 0.5) is 4.39 Å². The predicted octanol–water partition coefficient (Wildman–Crippen LogP) is 3.55. The SMILES string of the molecule is O=C(OCc1csc(COc2ccc(F)cc2)n1)c1ccc[nH]1. The first kappa shape index (κ1) is 15.2. The van der Waals surface area contributed by atoms with Crippen molar-refractivity contribution in [3.05, 3.63) is 70.2 Å². The van der Waals surface area contributed by atoms with Crippen molar-refractivity contribution >= 4 is 17.3 Å². The normalized spacial score (nSPS) is 10.5. The summed E-state index contributed by atoms with van der Waals surface area (Å²) in [7, 11) is 0. The number of esters is 1. The number of aromatic nitrogens is 2. The molecule has 0 radical (unpaired) electrons. The molecule has 0 amide bonds. The van der Waals surface area contributed by atoms with Crippen LogP contribution in [0.3, 0.4) is 0 Å². The zero-order valence-corrected chi connectivity index (χ0v) is 12.8. The highest BCUT2D eigenvalue weighted by atomic mass is 32.1. The number of thiazole rings is 1. The van der Waals surface area contributed by atoms with Crippen LogP contribution >= 0.6 is 11.3 Å². The van der Waals surface area contributed by atoms with Crippen molar-refractivity contribution in [1.29, 1.82) is 0 Å². The average molecular weight is 332 g/mol. The standard InChI is InChI=1S/C16H13FN2O3S/c17-11-3-5-13(6-4-11)21-9-15-19-12(10-23-15)8-22-16(20)14-2-1-7-18-14/h1-7,10,18H,8-9H2.